The van der Waals surface area contributed by atoms with Crippen molar-refractivity contribution in [3.63, 3.8) is 0 Å². The minimum Gasteiger partial charge on any atom is -0.342 e. The summed E-state index contributed by atoms with van der Waals surface area (Å²) < 4.78 is 0. The molecule has 0 aromatic heterocycles. The van der Waals surface area contributed by atoms with Gasteiger partial charge in [-0.3, -0.25) is 28.9 Å². The van der Waals surface area contributed by atoms with Crippen LogP contribution in [0.5, 0.6) is 0 Å². The van der Waals surface area contributed by atoms with E-state index in [1.165, 1.54) is 12.2 Å². The first-order valence-electron chi connectivity index (χ1n) is 12.2. The third kappa shape index (κ3) is 8.13. The smallest absolute Gasteiger partial charge is 0.253 e. The Morgan fingerprint density at radius 2 is 1.49 bits per heavy atom. The molecular weight excluding hydrogens is 472 g/mol. The monoisotopic (exact) mass is 510 g/mol. The van der Waals surface area contributed by atoms with Crippen LogP contribution >= 0.6 is 0 Å². The van der Waals surface area contributed by atoms with Gasteiger partial charge in [-0.05, 0) is 50.3 Å². The molecule has 1 aliphatic heterocycles. The molecule has 2 rings (SSSR count). The number of rotatable bonds is 11. The fourth-order valence-electron chi connectivity index (χ4n) is 4.34. The molecule has 0 saturated carbocycles. The highest BCUT2D eigenvalue weighted by Crippen LogP contribution is 2.35. The predicted molar refractivity (Wildman–Crippen MR) is 142 cm³/mol. The van der Waals surface area contributed by atoms with E-state index in [1.807, 2.05) is 32.9 Å². The highest BCUT2D eigenvalue weighted by atomic mass is 16.2. The summed E-state index contributed by atoms with van der Waals surface area (Å²) in [6.07, 6.45) is 2.80. The van der Waals surface area contributed by atoms with E-state index in [9.17, 15) is 24.0 Å². The Morgan fingerprint density at radius 1 is 0.946 bits per heavy atom. The summed E-state index contributed by atoms with van der Waals surface area (Å²) in [4.78, 5) is 63.9. The first-order valence-corrected chi connectivity index (χ1v) is 12.2. The van der Waals surface area contributed by atoms with Crippen molar-refractivity contribution in [1.29, 1.82) is 0 Å². The lowest BCUT2D eigenvalue weighted by Crippen LogP contribution is -2.54. The Bertz CT molecular complexity index is 1100. The Kier molecular flexibility index (Phi) is 9.19. The van der Waals surface area contributed by atoms with Gasteiger partial charge in [-0.2, -0.15) is 0 Å². The molecule has 9 nitrogen and oxygen atoms in total. The number of benzene rings is 1. The van der Waals surface area contributed by atoms with E-state index >= 15 is 0 Å². The summed E-state index contributed by atoms with van der Waals surface area (Å²) in [5.41, 5.74) is 0.568. The first kappa shape index (κ1) is 29.5. The van der Waals surface area contributed by atoms with Crippen molar-refractivity contribution in [2.45, 2.75) is 67.0 Å². The zero-order chi connectivity index (χ0) is 28.1. The molecule has 0 radical (unpaired) electrons. The van der Waals surface area contributed by atoms with E-state index in [2.05, 4.69) is 22.5 Å². The lowest BCUT2D eigenvalue weighted by atomic mass is 9.74. The van der Waals surface area contributed by atoms with E-state index in [0.29, 0.717) is 17.7 Å². The van der Waals surface area contributed by atoms with Crippen LogP contribution in [0, 0.1) is 17.8 Å². The molecule has 3 N–H and O–H groups in total. The summed E-state index contributed by atoms with van der Waals surface area (Å²) in [7, 11) is 0. The molecule has 1 aromatic carbocycles. The topological polar surface area (TPSA) is 125 Å². The average molecular weight is 511 g/mol. The molecule has 0 fully saturated rings. The SMILES string of the molecule is C=C(C)[C@H](NC(=O)C(C)(C)CC(C)(C)CN1C(=O)C=CC1=O)C(=O)N[C@@H](C)C(=O)Nc1ccc(C)cc1. The number of nitrogens with one attached hydrogen (secondary N) is 3. The summed E-state index contributed by atoms with van der Waals surface area (Å²) in [6, 6.07) is 5.38. The third-order valence-corrected chi connectivity index (χ3v) is 6.12. The highest BCUT2D eigenvalue weighted by molar-refractivity contribution is 6.12. The molecule has 0 saturated heterocycles. The summed E-state index contributed by atoms with van der Waals surface area (Å²) in [5, 5.41) is 8.14. The standard InChI is InChI=1S/C28H38N4O5/c1-17(2)23(25(36)29-19(4)24(35)30-20-11-9-18(3)10-12-20)31-26(37)28(7,8)15-27(5,6)16-32-21(33)13-14-22(32)34/h9-14,19,23H,1,15-16H2,2-8H3,(H,29,36)(H,30,35)(H,31,37)/t19-,23-/m0/s1. The largest absolute Gasteiger partial charge is 0.342 e. The zero-order valence-electron chi connectivity index (χ0n) is 22.7. The van der Waals surface area contributed by atoms with E-state index in [0.717, 1.165) is 10.5 Å². The van der Waals surface area contributed by atoms with Crippen molar-refractivity contribution < 1.29 is 24.0 Å². The van der Waals surface area contributed by atoms with Crippen molar-refractivity contribution in [2.24, 2.45) is 10.8 Å². The number of amides is 5. The van der Waals surface area contributed by atoms with Crippen molar-refractivity contribution >= 4 is 35.2 Å². The maximum Gasteiger partial charge on any atom is 0.253 e. The molecule has 0 spiro atoms. The summed E-state index contributed by atoms with van der Waals surface area (Å²) in [6.45, 7) is 16.3. The van der Waals surface area contributed by atoms with Crippen LogP contribution in [-0.2, 0) is 24.0 Å². The Balaban J connectivity index is 2.01. The second-order valence-corrected chi connectivity index (χ2v) is 11.2. The molecule has 0 bridgehead atoms. The van der Waals surface area contributed by atoms with Crippen LogP contribution in [0.1, 0.15) is 53.5 Å². The number of nitrogens with zero attached hydrogens (tertiary/aromatic N) is 1. The van der Waals surface area contributed by atoms with Gasteiger partial charge in [0.05, 0.1) is 0 Å². The number of anilines is 1. The van der Waals surface area contributed by atoms with E-state index in [4.69, 9.17) is 0 Å². The van der Waals surface area contributed by atoms with Gasteiger partial charge in [0.2, 0.25) is 17.7 Å². The van der Waals surface area contributed by atoms with Gasteiger partial charge in [0.25, 0.3) is 11.8 Å². The van der Waals surface area contributed by atoms with Crippen molar-refractivity contribution in [3.8, 4) is 0 Å². The molecule has 37 heavy (non-hydrogen) atoms. The number of aryl methyl sites for hydroxylation is 1. The minimum atomic E-state index is -1.05. The molecule has 1 aliphatic rings. The molecule has 1 aromatic rings. The summed E-state index contributed by atoms with van der Waals surface area (Å²) >= 11 is 0. The van der Waals surface area contributed by atoms with Crippen LogP contribution in [0.25, 0.3) is 0 Å². The molecule has 2 atom stereocenters. The lowest BCUT2D eigenvalue weighted by Gasteiger charge is -2.36. The first-order chi connectivity index (χ1) is 17.0. The fourth-order valence-corrected chi connectivity index (χ4v) is 4.34. The Hall–Kier alpha value is -3.75. The number of imide groups is 1. The number of hydrogen-bond acceptors (Lipinski definition) is 5. The van der Waals surface area contributed by atoms with E-state index in [1.54, 1.807) is 39.8 Å². The number of hydrogen-bond donors (Lipinski definition) is 3. The van der Waals surface area contributed by atoms with Crippen LogP contribution in [-0.4, -0.2) is 53.1 Å². The molecule has 0 unspecified atom stereocenters. The fraction of sp³-hybridized carbons (Fsp3) is 0.464. The average Bonchev–Trinajstić information content (AvgIpc) is 3.09. The molecular formula is C28H38N4O5. The maximum absolute atomic E-state index is 13.2. The van der Waals surface area contributed by atoms with E-state index < -0.39 is 40.6 Å². The molecule has 0 aliphatic carbocycles. The Morgan fingerprint density at radius 3 is 2.00 bits per heavy atom. The number of carbonyl (C=O) groups is 5. The van der Waals surface area contributed by atoms with Crippen LogP contribution in [0.3, 0.4) is 0 Å². The lowest BCUT2D eigenvalue weighted by molar-refractivity contribution is -0.139. The third-order valence-electron chi connectivity index (χ3n) is 6.12. The van der Waals surface area contributed by atoms with Crippen molar-refractivity contribution in [2.75, 3.05) is 11.9 Å². The molecule has 200 valence electrons. The van der Waals surface area contributed by atoms with Gasteiger partial charge in [-0.25, -0.2) is 0 Å². The maximum atomic E-state index is 13.2. The molecule has 5 amide bonds. The van der Waals surface area contributed by atoms with Crippen LogP contribution < -0.4 is 16.0 Å². The van der Waals surface area contributed by atoms with Crippen LogP contribution in [0.2, 0.25) is 0 Å². The summed E-state index contributed by atoms with van der Waals surface area (Å²) in [5.74, 6) is -2.09. The van der Waals surface area contributed by atoms with Crippen molar-refractivity contribution in [1.82, 2.24) is 15.5 Å². The predicted octanol–water partition coefficient (Wildman–Crippen LogP) is 2.87. The van der Waals surface area contributed by atoms with Crippen LogP contribution in [0.4, 0.5) is 5.69 Å². The molecule has 9 heteroatoms. The van der Waals surface area contributed by atoms with Gasteiger partial charge in [0.1, 0.15) is 12.1 Å². The van der Waals surface area contributed by atoms with Gasteiger partial charge >= 0.3 is 0 Å². The van der Waals surface area contributed by atoms with Gasteiger partial charge in [-0.1, -0.05) is 52.0 Å². The highest BCUT2D eigenvalue weighted by Gasteiger charge is 2.39. The minimum absolute atomic E-state index is 0.159. The van der Waals surface area contributed by atoms with Gasteiger partial charge in [0, 0.05) is 29.8 Å². The van der Waals surface area contributed by atoms with E-state index in [-0.39, 0.29) is 18.4 Å². The molecule has 1 heterocycles. The normalized spacial score (nSPS) is 15.3. The van der Waals surface area contributed by atoms with Crippen molar-refractivity contribution in [3.05, 3.63) is 54.1 Å². The number of carbonyl (C=O) groups excluding carboxylic acids is 5. The Labute approximate surface area is 218 Å². The van der Waals surface area contributed by atoms with Crippen LogP contribution in [0.15, 0.2) is 48.6 Å². The second-order valence-electron chi connectivity index (χ2n) is 11.2. The second kappa shape index (κ2) is 11.5. The van der Waals surface area contributed by atoms with Gasteiger partial charge in [-0.15, -0.1) is 0 Å². The quantitative estimate of drug-likeness (QED) is 0.312. The van der Waals surface area contributed by atoms with Gasteiger partial charge < -0.3 is 16.0 Å². The van der Waals surface area contributed by atoms with Gasteiger partial charge in [0.15, 0.2) is 0 Å². The zero-order valence-corrected chi connectivity index (χ0v) is 22.7.